The van der Waals surface area contributed by atoms with Crippen LogP contribution in [0.4, 0.5) is 0 Å². The average molecular weight is 250 g/mol. The van der Waals surface area contributed by atoms with Crippen molar-refractivity contribution < 1.29 is 4.42 Å². The molecule has 1 saturated heterocycles. The molecule has 3 unspecified atom stereocenters. The second-order valence-corrected chi connectivity index (χ2v) is 5.60. The molecule has 0 bridgehead atoms. The Labute approximate surface area is 111 Å². The minimum absolute atomic E-state index is 0.439. The zero-order valence-corrected chi connectivity index (χ0v) is 12.3. The van der Waals surface area contributed by atoms with Gasteiger partial charge in [-0.1, -0.05) is 6.92 Å². The van der Waals surface area contributed by atoms with E-state index >= 15 is 0 Å². The highest BCUT2D eigenvalue weighted by atomic mass is 16.3. The monoisotopic (exact) mass is 250 g/mol. The van der Waals surface area contributed by atoms with Gasteiger partial charge in [-0.3, -0.25) is 4.90 Å². The van der Waals surface area contributed by atoms with Gasteiger partial charge in [0.1, 0.15) is 11.5 Å². The molecule has 2 heterocycles. The highest BCUT2D eigenvalue weighted by molar-refractivity contribution is 5.24. The number of nitrogens with zero attached hydrogens (tertiary/aromatic N) is 1. The van der Waals surface area contributed by atoms with Crippen LogP contribution in [0.5, 0.6) is 0 Å². The van der Waals surface area contributed by atoms with Crippen LogP contribution < -0.4 is 5.32 Å². The molecule has 1 N–H and O–H groups in total. The molecule has 0 spiro atoms. The molecule has 0 aliphatic carbocycles. The molecular formula is C15H26N2O. The lowest BCUT2D eigenvalue weighted by Gasteiger charge is -2.42. The van der Waals surface area contributed by atoms with Crippen LogP contribution in [0.25, 0.3) is 0 Å². The number of piperazine rings is 1. The molecule has 0 aromatic carbocycles. The third-order valence-electron chi connectivity index (χ3n) is 4.22. The zero-order valence-electron chi connectivity index (χ0n) is 12.3. The molecule has 102 valence electrons. The normalized spacial score (nSPS) is 27.4. The molecule has 1 aliphatic heterocycles. The van der Waals surface area contributed by atoms with Crippen LogP contribution in [0.15, 0.2) is 10.5 Å². The first-order valence-electron chi connectivity index (χ1n) is 7.09. The topological polar surface area (TPSA) is 28.4 Å². The number of aryl methyl sites for hydroxylation is 2. The van der Waals surface area contributed by atoms with E-state index in [0.717, 1.165) is 24.6 Å². The summed E-state index contributed by atoms with van der Waals surface area (Å²) in [5.74, 6) is 2.09. The highest BCUT2D eigenvalue weighted by Gasteiger charge is 2.29. The van der Waals surface area contributed by atoms with Crippen molar-refractivity contribution in [2.24, 2.45) is 0 Å². The van der Waals surface area contributed by atoms with Crippen LogP contribution in [-0.2, 0) is 0 Å². The van der Waals surface area contributed by atoms with Gasteiger partial charge in [0.05, 0.1) is 0 Å². The summed E-state index contributed by atoms with van der Waals surface area (Å²) in [6.07, 6.45) is 1.19. The van der Waals surface area contributed by atoms with Crippen LogP contribution in [0.3, 0.4) is 0 Å². The van der Waals surface area contributed by atoms with Gasteiger partial charge in [-0.25, -0.2) is 0 Å². The van der Waals surface area contributed by atoms with Crippen molar-refractivity contribution in [3.05, 3.63) is 23.2 Å². The quantitative estimate of drug-likeness (QED) is 0.894. The van der Waals surface area contributed by atoms with Crippen LogP contribution in [0.1, 0.15) is 50.3 Å². The molecule has 1 fully saturated rings. The van der Waals surface area contributed by atoms with E-state index in [2.05, 4.69) is 44.0 Å². The summed E-state index contributed by atoms with van der Waals surface area (Å²) in [7, 11) is 0. The second kappa shape index (κ2) is 5.45. The number of nitrogens with one attached hydrogen (secondary N) is 1. The summed E-state index contributed by atoms with van der Waals surface area (Å²) in [6.45, 7) is 13.2. The lowest BCUT2D eigenvalue weighted by molar-refractivity contribution is 0.0968. The van der Waals surface area contributed by atoms with Crippen molar-refractivity contribution in [2.75, 3.05) is 13.1 Å². The maximum Gasteiger partial charge on any atom is 0.105 e. The van der Waals surface area contributed by atoms with Gasteiger partial charge in [-0.2, -0.15) is 0 Å². The van der Waals surface area contributed by atoms with Gasteiger partial charge in [0.15, 0.2) is 0 Å². The minimum atomic E-state index is 0.439. The summed E-state index contributed by atoms with van der Waals surface area (Å²) < 4.78 is 5.67. The fraction of sp³-hybridized carbons (Fsp3) is 0.733. The maximum atomic E-state index is 5.67. The number of furan rings is 1. The Morgan fingerprint density at radius 3 is 2.78 bits per heavy atom. The van der Waals surface area contributed by atoms with Crippen molar-refractivity contribution >= 4 is 0 Å². The van der Waals surface area contributed by atoms with Crippen LogP contribution in [0.2, 0.25) is 0 Å². The Balaban J connectivity index is 2.16. The van der Waals surface area contributed by atoms with Crippen molar-refractivity contribution in [1.82, 2.24) is 10.2 Å². The first kappa shape index (κ1) is 13.6. The van der Waals surface area contributed by atoms with Gasteiger partial charge < -0.3 is 9.73 Å². The maximum absolute atomic E-state index is 5.67. The van der Waals surface area contributed by atoms with Crippen molar-refractivity contribution in [3.8, 4) is 0 Å². The first-order valence-corrected chi connectivity index (χ1v) is 7.09. The van der Waals surface area contributed by atoms with Crippen LogP contribution in [0, 0.1) is 13.8 Å². The first-order chi connectivity index (χ1) is 8.52. The van der Waals surface area contributed by atoms with Crippen molar-refractivity contribution in [1.29, 1.82) is 0 Å². The second-order valence-electron chi connectivity index (χ2n) is 5.60. The third-order valence-corrected chi connectivity index (χ3v) is 4.22. The van der Waals surface area contributed by atoms with E-state index in [9.17, 15) is 0 Å². The molecule has 3 atom stereocenters. The Morgan fingerprint density at radius 2 is 2.22 bits per heavy atom. The third kappa shape index (κ3) is 2.62. The molecule has 3 heteroatoms. The Morgan fingerprint density at radius 1 is 1.50 bits per heavy atom. The van der Waals surface area contributed by atoms with Gasteiger partial charge in [0, 0.05) is 36.8 Å². The van der Waals surface area contributed by atoms with Gasteiger partial charge in [0.2, 0.25) is 0 Å². The van der Waals surface area contributed by atoms with E-state index in [1.54, 1.807) is 0 Å². The minimum Gasteiger partial charge on any atom is -0.466 e. The largest absolute Gasteiger partial charge is 0.466 e. The van der Waals surface area contributed by atoms with E-state index in [0.29, 0.717) is 18.1 Å². The van der Waals surface area contributed by atoms with E-state index in [1.165, 1.54) is 12.0 Å². The van der Waals surface area contributed by atoms with Crippen LogP contribution in [-0.4, -0.2) is 30.1 Å². The highest BCUT2D eigenvalue weighted by Crippen LogP contribution is 2.29. The van der Waals surface area contributed by atoms with Gasteiger partial charge >= 0.3 is 0 Å². The Hall–Kier alpha value is -0.800. The Bertz CT molecular complexity index is 399. The predicted octanol–water partition coefficient (Wildman–Crippen LogP) is 3.03. The summed E-state index contributed by atoms with van der Waals surface area (Å²) in [6, 6.07) is 3.83. The Kier molecular flexibility index (Phi) is 4.13. The van der Waals surface area contributed by atoms with E-state index in [1.807, 2.05) is 6.92 Å². The predicted molar refractivity (Wildman–Crippen MR) is 74.8 cm³/mol. The van der Waals surface area contributed by atoms with Gasteiger partial charge in [-0.15, -0.1) is 0 Å². The molecule has 1 aromatic heterocycles. The average Bonchev–Trinajstić information content (AvgIpc) is 2.68. The SMILES string of the molecule is CCC1CN(C(C)c2cc(C)oc2C)C(C)CN1. The fourth-order valence-electron chi connectivity index (χ4n) is 3.01. The number of hydrogen-bond donors (Lipinski definition) is 1. The van der Waals surface area contributed by atoms with E-state index in [-0.39, 0.29) is 0 Å². The van der Waals surface area contributed by atoms with Crippen molar-refractivity contribution in [3.63, 3.8) is 0 Å². The smallest absolute Gasteiger partial charge is 0.105 e. The van der Waals surface area contributed by atoms with Crippen molar-refractivity contribution in [2.45, 2.75) is 59.2 Å². The summed E-state index contributed by atoms with van der Waals surface area (Å²) in [5, 5.41) is 3.61. The fourth-order valence-corrected chi connectivity index (χ4v) is 3.01. The molecule has 18 heavy (non-hydrogen) atoms. The van der Waals surface area contributed by atoms with Gasteiger partial charge in [-0.05, 0) is 40.2 Å². The lowest BCUT2D eigenvalue weighted by atomic mass is 10.0. The molecule has 1 aliphatic rings. The number of rotatable bonds is 3. The molecule has 2 rings (SSSR count). The van der Waals surface area contributed by atoms with E-state index in [4.69, 9.17) is 4.42 Å². The van der Waals surface area contributed by atoms with Gasteiger partial charge in [0.25, 0.3) is 0 Å². The number of hydrogen-bond acceptors (Lipinski definition) is 3. The molecule has 1 aromatic rings. The molecular weight excluding hydrogens is 224 g/mol. The summed E-state index contributed by atoms with van der Waals surface area (Å²) in [4.78, 5) is 2.60. The van der Waals surface area contributed by atoms with E-state index < -0.39 is 0 Å². The summed E-state index contributed by atoms with van der Waals surface area (Å²) in [5.41, 5.74) is 1.34. The molecule has 0 amide bonds. The lowest BCUT2D eigenvalue weighted by Crippen LogP contribution is -2.55. The molecule has 3 nitrogen and oxygen atoms in total. The zero-order chi connectivity index (χ0) is 13.3. The van der Waals surface area contributed by atoms with Crippen LogP contribution >= 0.6 is 0 Å². The standard InChI is InChI=1S/C15H26N2O/c1-6-14-9-17(10(2)8-16-14)12(4)15-7-11(3)18-13(15)5/h7,10,12,14,16H,6,8-9H2,1-5H3. The molecule has 0 saturated carbocycles. The summed E-state index contributed by atoms with van der Waals surface area (Å²) >= 11 is 0. The molecule has 0 radical (unpaired) electrons.